The zero-order valence-corrected chi connectivity index (χ0v) is 14.7. The van der Waals surface area contributed by atoms with Crippen LogP contribution >= 0.6 is 15.9 Å². The number of nitrogens with one attached hydrogen (secondary N) is 1. The third-order valence-corrected chi connectivity index (χ3v) is 5.52. The Bertz CT molecular complexity index is 985. The van der Waals surface area contributed by atoms with Crippen molar-refractivity contribution in [2.45, 2.75) is 11.8 Å². The normalized spacial score (nSPS) is 11.6. The van der Waals surface area contributed by atoms with Gasteiger partial charge < -0.3 is 4.74 Å². The summed E-state index contributed by atoms with van der Waals surface area (Å²) in [6.07, 6.45) is 1.71. The summed E-state index contributed by atoms with van der Waals surface area (Å²) in [5, 5.41) is 7.85. The van der Waals surface area contributed by atoms with Gasteiger partial charge in [0, 0.05) is 10.7 Å². The van der Waals surface area contributed by atoms with Gasteiger partial charge in [-0.15, -0.1) is 10.2 Å². The Hall–Kier alpha value is -2.13. The molecule has 0 bridgehead atoms. The van der Waals surface area contributed by atoms with Gasteiger partial charge in [-0.3, -0.25) is 4.40 Å². The predicted octanol–water partition coefficient (Wildman–Crippen LogP) is 2.61. The number of methoxy groups -OCH3 is 1. The molecule has 0 aliphatic rings. The van der Waals surface area contributed by atoms with Gasteiger partial charge in [0.2, 0.25) is 5.95 Å². The van der Waals surface area contributed by atoms with E-state index in [1.807, 2.05) is 19.1 Å². The van der Waals surface area contributed by atoms with E-state index in [0.29, 0.717) is 15.9 Å². The summed E-state index contributed by atoms with van der Waals surface area (Å²) in [7, 11) is -2.30. The van der Waals surface area contributed by atoms with Crippen molar-refractivity contribution in [3.8, 4) is 5.75 Å². The molecule has 2 heterocycles. The summed E-state index contributed by atoms with van der Waals surface area (Å²) in [4.78, 5) is 0.0853. The minimum absolute atomic E-state index is 0.0853. The first-order valence-corrected chi connectivity index (χ1v) is 8.86. The lowest BCUT2D eigenvalue weighted by molar-refractivity contribution is 0.414. The second-order valence-corrected chi connectivity index (χ2v) is 7.36. The molecular formula is C14H13BrN4O3S. The van der Waals surface area contributed by atoms with Crippen molar-refractivity contribution in [1.82, 2.24) is 14.6 Å². The number of ether oxygens (including phenoxy) is 1. The Kier molecular flexibility index (Phi) is 3.99. The first-order valence-electron chi connectivity index (χ1n) is 6.58. The van der Waals surface area contributed by atoms with Crippen molar-refractivity contribution in [2.24, 2.45) is 0 Å². The number of halogens is 1. The molecule has 0 radical (unpaired) electrons. The maximum absolute atomic E-state index is 12.6. The number of anilines is 1. The van der Waals surface area contributed by atoms with Crippen LogP contribution in [0, 0.1) is 6.92 Å². The topological polar surface area (TPSA) is 85.6 Å². The van der Waals surface area contributed by atoms with Gasteiger partial charge in [0.25, 0.3) is 10.0 Å². The lowest BCUT2D eigenvalue weighted by Crippen LogP contribution is -2.15. The maximum atomic E-state index is 12.6. The van der Waals surface area contributed by atoms with Crippen molar-refractivity contribution < 1.29 is 13.2 Å². The number of sulfonamides is 1. The van der Waals surface area contributed by atoms with E-state index in [-0.39, 0.29) is 10.8 Å². The molecule has 0 aliphatic carbocycles. The van der Waals surface area contributed by atoms with Crippen LogP contribution in [-0.4, -0.2) is 30.1 Å². The molecule has 23 heavy (non-hydrogen) atoms. The lowest BCUT2D eigenvalue weighted by atomic mass is 10.3. The summed E-state index contributed by atoms with van der Waals surface area (Å²) < 4.78 is 34.6. The second-order valence-electron chi connectivity index (χ2n) is 4.86. The van der Waals surface area contributed by atoms with Crippen molar-refractivity contribution in [2.75, 3.05) is 11.8 Å². The Morgan fingerprint density at radius 2 is 2.00 bits per heavy atom. The number of pyridine rings is 1. The average Bonchev–Trinajstić information content (AvgIpc) is 2.88. The van der Waals surface area contributed by atoms with Gasteiger partial charge in [-0.2, -0.15) is 0 Å². The molecule has 0 saturated heterocycles. The molecule has 0 spiro atoms. The smallest absolute Gasteiger partial charge is 0.265 e. The Morgan fingerprint density at radius 3 is 2.70 bits per heavy atom. The van der Waals surface area contributed by atoms with Crippen LogP contribution in [0.2, 0.25) is 0 Å². The number of benzene rings is 1. The number of hydrogen-bond acceptors (Lipinski definition) is 5. The first-order chi connectivity index (χ1) is 10.9. The summed E-state index contributed by atoms with van der Waals surface area (Å²) in [5.74, 6) is 0.682. The first kappa shape index (κ1) is 15.8. The molecule has 0 aliphatic heterocycles. The van der Waals surface area contributed by atoms with E-state index in [0.717, 1.165) is 5.56 Å². The average molecular weight is 397 g/mol. The fourth-order valence-electron chi connectivity index (χ4n) is 2.06. The highest BCUT2D eigenvalue weighted by Crippen LogP contribution is 2.27. The molecule has 0 saturated carbocycles. The summed E-state index contributed by atoms with van der Waals surface area (Å²) >= 11 is 3.25. The molecule has 1 aromatic carbocycles. The molecule has 0 fully saturated rings. The molecule has 3 rings (SSSR count). The monoisotopic (exact) mass is 396 g/mol. The van der Waals surface area contributed by atoms with E-state index in [1.54, 1.807) is 22.7 Å². The van der Waals surface area contributed by atoms with Gasteiger partial charge >= 0.3 is 0 Å². The van der Waals surface area contributed by atoms with Crippen molar-refractivity contribution in [3.05, 3.63) is 46.6 Å². The van der Waals surface area contributed by atoms with E-state index < -0.39 is 10.0 Å². The van der Waals surface area contributed by atoms with E-state index in [9.17, 15) is 8.42 Å². The molecular weight excluding hydrogens is 384 g/mol. The number of fused-ring (bicyclic) bond motifs is 1. The van der Waals surface area contributed by atoms with E-state index in [1.165, 1.54) is 13.2 Å². The van der Waals surface area contributed by atoms with Crippen LogP contribution in [0.25, 0.3) is 5.65 Å². The molecule has 9 heteroatoms. The van der Waals surface area contributed by atoms with Crippen LogP contribution < -0.4 is 9.46 Å². The van der Waals surface area contributed by atoms with Gasteiger partial charge in [-0.25, -0.2) is 13.1 Å². The second kappa shape index (κ2) is 5.82. The van der Waals surface area contributed by atoms with Crippen LogP contribution in [-0.2, 0) is 10.0 Å². The number of aromatic nitrogens is 3. The molecule has 3 aromatic rings. The standard InChI is InChI=1S/C14H13BrN4O3S/c1-9-5-6-19-13(7-9)16-17-14(19)18-23(20,21)12-4-3-10(22-2)8-11(12)15/h3-8H,1-2H3,(H,17,18). The summed E-state index contributed by atoms with van der Waals surface area (Å²) in [5.41, 5.74) is 1.58. The quantitative estimate of drug-likeness (QED) is 0.732. The van der Waals surface area contributed by atoms with Crippen molar-refractivity contribution in [1.29, 1.82) is 0 Å². The van der Waals surface area contributed by atoms with Crippen LogP contribution in [0.4, 0.5) is 5.95 Å². The highest BCUT2D eigenvalue weighted by molar-refractivity contribution is 9.10. The van der Waals surface area contributed by atoms with Crippen LogP contribution in [0.3, 0.4) is 0 Å². The SMILES string of the molecule is COc1ccc(S(=O)(=O)Nc2nnc3cc(C)ccn23)c(Br)c1. The van der Waals surface area contributed by atoms with E-state index >= 15 is 0 Å². The van der Waals surface area contributed by atoms with Crippen molar-refractivity contribution in [3.63, 3.8) is 0 Å². The number of nitrogens with zero attached hydrogens (tertiary/aromatic N) is 3. The maximum Gasteiger partial charge on any atom is 0.265 e. The fourth-order valence-corrected chi connectivity index (χ4v) is 4.11. The van der Waals surface area contributed by atoms with Gasteiger partial charge in [-0.05, 0) is 58.7 Å². The van der Waals surface area contributed by atoms with Gasteiger partial charge in [0.1, 0.15) is 10.6 Å². The van der Waals surface area contributed by atoms with E-state index in [4.69, 9.17) is 4.74 Å². The molecule has 120 valence electrons. The zero-order valence-electron chi connectivity index (χ0n) is 12.3. The molecule has 7 nitrogen and oxygen atoms in total. The van der Waals surface area contributed by atoms with Gasteiger partial charge in [0.05, 0.1) is 7.11 Å². The number of aryl methyl sites for hydroxylation is 1. The summed E-state index contributed by atoms with van der Waals surface area (Å²) in [6, 6.07) is 8.27. The minimum Gasteiger partial charge on any atom is -0.497 e. The van der Waals surface area contributed by atoms with Crippen LogP contribution in [0.5, 0.6) is 5.75 Å². The minimum atomic E-state index is -3.82. The van der Waals surface area contributed by atoms with Crippen molar-refractivity contribution >= 4 is 37.5 Å². The highest BCUT2D eigenvalue weighted by atomic mass is 79.9. The van der Waals surface area contributed by atoms with E-state index in [2.05, 4.69) is 30.8 Å². The van der Waals surface area contributed by atoms with Gasteiger partial charge in [0.15, 0.2) is 5.65 Å². The Balaban J connectivity index is 2.00. The third kappa shape index (κ3) is 3.02. The predicted molar refractivity (Wildman–Crippen MR) is 89.2 cm³/mol. The number of hydrogen-bond donors (Lipinski definition) is 1. The molecule has 0 unspecified atom stereocenters. The molecule has 1 N–H and O–H groups in total. The van der Waals surface area contributed by atoms with Gasteiger partial charge in [-0.1, -0.05) is 0 Å². The Morgan fingerprint density at radius 1 is 1.22 bits per heavy atom. The lowest BCUT2D eigenvalue weighted by Gasteiger charge is -2.09. The molecule has 0 atom stereocenters. The largest absolute Gasteiger partial charge is 0.497 e. The molecule has 2 aromatic heterocycles. The van der Waals surface area contributed by atoms with Crippen LogP contribution in [0.1, 0.15) is 5.56 Å². The number of rotatable bonds is 4. The summed E-state index contributed by atoms with van der Waals surface area (Å²) in [6.45, 7) is 1.92. The molecule has 0 amide bonds. The third-order valence-electron chi connectivity index (χ3n) is 3.22. The Labute approximate surface area is 141 Å². The zero-order chi connectivity index (χ0) is 16.6. The fraction of sp³-hybridized carbons (Fsp3) is 0.143. The van der Waals surface area contributed by atoms with Crippen LogP contribution in [0.15, 0.2) is 45.9 Å². The highest BCUT2D eigenvalue weighted by Gasteiger charge is 2.21.